The molecular weight excluding hydrogens is 421 g/mol. The molecule has 1 heterocycles. The molecule has 2 aromatic carbocycles. The molecule has 4 nitrogen and oxygen atoms in total. The second kappa shape index (κ2) is 8.19. The molecule has 0 unspecified atom stereocenters. The fourth-order valence-electron chi connectivity index (χ4n) is 2.41. The van der Waals surface area contributed by atoms with Gasteiger partial charge in [0.25, 0.3) is 0 Å². The molecule has 0 radical (unpaired) electrons. The van der Waals surface area contributed by atoms with Gasteiger partial charge < -0.3 is 5.32 Å². The number of nitrogens with zero attached hydrogens (tertiary/aromatic N) is 2. The summed E-state index contributed by atoms with van der Waals surface area (Å²) in [5, 5.41) is 4.15. The zero-order valence-electron chi connectivity index (χ0n) is 14.1. The van der Waals surface area contributed by atoms with Gasteiger partial charge in [0.2, 0.25) is 5.91 Å². The van der Waals surface area contributed by atoms with Crippen LogP contribution in [0.25, 0.3) is 10.2 Å². The average molecular weight is 436 g/mol. The van der Waals surface area contributed by atoms with Crippen molar-refractivity contribution >= 4 is 74.3 Å². The lowest BCUT2D eigenvalue weighted by atomic mass is 10.2. The Kier molecular flexibility index (Phi) is 5.68. The summed E-state index contributed by atoms with van der Waals surface area (Å²) in [5.41, 5.74) is 2.54. The summed E-state index contributed by atoms with van der Waals surface area (Å²) in [7, 11) is 0. The molecule has 0 aliphatic heterocycles. The Morgan fingerprint density at radius 3 is 2.93 bits per heavy atom. The van der Waals surface area contributed by atoms with Crippen LogP contribution in [0, 0.1) is 0 Å². The maximum atomic E-state index is 11.8. The first-order valence-electron chi connectivity index (χ1n) is 8.39. The van der Waals surface area contributed by atoms with E-state index < -0.39 is 0 Å². The minimum atomic E-state index is 0.0758. The van der Waals surface area contributed by atoms with Crippen molar-refractivity contribution in [1.29, 1.82) is 0 Å². The van der Waals surface area contributed by atoms with Crippen molar-refractivity contribution in [3.05, 3.63) is 52.0 Å². The summed E-state index contributed by atoms with van der Waals surface area (Å²) < 4.78 is 1.93. The van der Waals surface area contributed by atoms with Gasteiger partial charge in [-0.05, 0) is 43.2 Å². The maximum absolute atomic E-state index is 11.8. The molecule has 0 bridgehead atoms. The van der Waals surface area contributed by atoms with Crippen LogP contribution in [-0.2, 0) is 4.79 Å². The van der Waals surface area contributed by atoms with Crippen molar-refractivity contribution in [2.75, 3.05) is 5.75 Å². The Balaban J connectivity index is 1.45. The molecule has 8 heteroatoms. The highest BCUT2D eigenvalue weighted by Crippen LogP contribution is 2.32. The van der Waals surface area contributed by atoms with E-state index in [1.807, 2.05) is 24.3 Å². The van der Waals surface area contributed by atoms with Crippen LogP contribution in [0.4, 0.5) is 5.69 Å². The number of nitrogens with one attached hydrogen (secondary N) is 1. The SMILES string of the molecule is O=C(CSc1nc2ccc(N=Cc3ccc(Cl)cc3Cl)cc2s1)NC1CC1. The standard InChI is InChI=1S/C19H15Cl2N3OS2/c20-12-2-1-11(15(21)7-12)9-22-14-5-6-16-17(8-14)27-19(24-16)26-10-18(25)23-13-3-4-13/h1-2,5-9,13H,3-4,10H2,(H,23,25). The summed E-state index contributed by atoms with van der Waals surface area (Å²) in [4.78, 5) is 20.9. The van der Waals surface area contributed by atoms with Gasteiger partial charge in [-0.15, -0.1) is 11.3 Å². The van der Waals surface area contributed by atoms with Crippen LogP contribution in [0.1, 0.15) is 18.4 Å². The molecule has 27 heavy (non-hydrogen) atoms. The summed E-state index contributed by atoms with van der Waals surface area (Å²) in [6.45, 7) is 0. The normalized spacial score (nSPS) is 14.1. The Morgan fingerprint density at radius 1 is 1.30 bits per heavy atom. The van der Waals surface area contributed by atoms with Crippen LogP contribution >= 0.6 is 46.3 Å². The van der Waals surface area contributed by atoms with Crippen molar-refractivity contribution in [3.8, 4) is 0 Å². The molecule has 1 N–H and O–H groups in total. The van der Waals surface area contributed by atoms with Gasteiger partial charge in [0, 0.05) is 22.8 Å². The van der Waals surface area contributed by atoms with Crippen LogP contribution in [0.3, 0.4) is 0 Å². The van der Waals surface area contributed by atoms with E-state index in [1.54, 1.807) is 29.7 Å². The number of amides is 1. The smallest absolute Gasteiger partial charge is 0.230 e. The molecule has 1 fully saturated rings. The molecule has 0 spiro atoms. The van der Waals surface area contributed by atoms with E-state index in [0.29, 0.717) is 21.8 Å². The fourth-order valence-corrected chi connectivity index (χ4v) is 4.78. The predicted octanol–water partition coefficient (Wildman–Crippen LogP) is 5.72. The Morgan fingerprint density at radius 2 is 2.15 bits per heavy atom. The predicted molar refractivity (Wildman–Crippen MR) is 115 cm³/mol. The molecule has 0 atom stereocenters. The van der Waals surface area contributed by atoms with Gasteiger partial charge in [-0.25, -0.2) is 4.98 Å². The molecule has 138 valence electrons. The molecule has 1 aliphatic carbocycles. The lowest BCUT2D eigenvalue weighted by molar-refractivity contribution is -0.118. The highest BCUT2D eigenvalue weighted by molar-refractivity contribution is 8.01. The first kappa shape index (κ1) is 18.7. The molecule has 1 saturated carbocycles. The van der Waals surface area contributed by atoms with Crippen LogP contribution in [0.5, 0.6) is 0 Å². The van der Waals surface area contributed by atoms with Gasteiger partial charge in [-0.2, -0.15) is 0 Å². The van der Waals surface area contributed by atoms with Crippen molar-refractivity contribution < 1.29 is 4.79 Å². The molecular formula is C19H15Cl2N3OS2. The number of aromatic nitrogens is 1. The minimum Gasteiger partial charge on any atom is -0.353 e. The van der Waals surface area contributed by atoms with Crippen LogP contribution in [0.15, 0.2) is 45.7 Å². The zero-order valence-corrected chi connectivity index (χ0v) is 17.3. The highest BCUT2D eigenvalue weighted by atomic mass is 35.5. The number of thiazole rings is 1. The number of carbonyl (C=O) groups excluding carboxylic acids is 1. The Hall–Kier alpha value is -1.60. The number of hydrogen-bond acceptors (Lipinski definition) is 5. The Bertz CT molecular complexity index is 1030. The summed E-state index contributed by atoms with van der Waals surface area (Å²) in [6.07, 6.45) is 3.92. The number of hydrogen-bond donors (Lipinski definition) is 1. The van der Waals surface area contributed by atoms with E-state index in [-0.39, 0.29) is 5.91 Å². The van der Waals surface area contributed by atoms with Gasteiger partial charge in [-0.3, -0.25) is 9.79 Å². The molecule has 1 aromatic heterocycles. The molecule has 3 aromatic rings. The number of aliphatic imine (C=N–C) groups is 1. The molecule has 4 rings (SSSR count). The van der Waals surface area contributed by atoms with Crippen molar-refractivity contribution in [3.63, 3.8) is 0 Å². The van der Waals surface area contributed by atoms with E-state index >= 15 is 0 Å². The van der Waals surface area contributed by atoms with Gasteiger partial charge in [0.15, 0.2) is 4.34 Å². The third-order valence-electron chi connectivity index (χ3n) is 3.94. The van der Waals surface area contributed by atoms with Gasteiger partial charge in [0.05, 0.1) is 26.7 Å². The average Bonchev–Trinajstić information content (AvgIpc) is 3.35. The third-order valence-corrected chi connectivity index (χ3v) is 6.66. The number of benzene rings is 2. The van der Waals surface area contributed by atoms with Crippen molar-refractivity contribution in [1.82, 2.24) is 10.3 Å². The van der Waals surface area contributed by atoms with E-state index in [9.17, 15) is 4.79 Å². The van der Waals surface area contributed by atoms with Crippen molar-refractivity contribution in [2.45, 2.75) is 23.2 Å². The quantitative estimate of drug-likeness (QED) is 0.397. The fraction of sp³-hybridized carbons (Fsp3) is 0.211. The number of fused-ring (bicyclic) bond motifs is 1. The second-order valence-corrected chi connectivity index (χ2v) is 9.28. The molecule has 0 saturated heterocycles. The van der Waals surface area contributed by atoms with Crippen LogP contribution < -0.4 is 5.32 Å². The number of halogens is 2. The lowest BCUT2D eigenvalue weighted by Gasteiger charge is -2.00. The number of carbonyl (C=O) groups is 1. The monoisotopic (exact) mass is 435 g/mol. The topological polar surface area (TPSA) is 54.4 Å². The van der Waals surface area contributed by atoms with E-state index in [0.717, 1.165) is 38.6 Å². The number of rotatable bonds is 6. The van der Waals surface area contributed by atoms with E-state index in [2.05, 4.69) is 15.3 Å². The van der Waals surface area contributed by atoms with E-state index in [1.165, 1.54) is 11.8 Å². The van der Waals surface area contributed by atoms with Gasteiger partial charge in [0.1, 0.15) is 0 Å². The van der Waals surface area contributed by atoms with Crippen molar-refractivity contribution in [2.24, 2.45) is 4.99 Å². The molecule has 1 aliphatic rings. The summed E-state index contributed by atoms with van der Waals surface area (Å²) >= 11 is 15.1. The molecule has 1 amide bonds. The first-order chi connectivity index (χ1) is 13.1. The minimum absolute atomic E-state index is 0.0758. The van der Waals surface area contributed by atoms with Crippen LogP contribution in [0.2, 0.25) is 10.0 Å². The number of thioether (sulfide) groups is 1. The lowest BCUT2D eigenvalue weighted by Crippen LogP contribution is -2.26. The Labute approximate surface area is 175 Å². The van der Waals surface area contributed by atoms with E-state index in [4.69, 9.17) is 23.2 Å². The first-order valence-corrected chi connectivity index (χ1v) is 10.9. The largest absolute Gasteiger partial charge is 0.353 e. The van der Waals surface area contributed by atoms with Gasteiger partial charge in [-0.1, -0.05) is 41.0 Å². The van der Waals surface area contributed by atoms with Gasteiger partial charge >= 0.3 is 0 Å². The summed E-state index contributed by atoms with van der Waals surface area (Å²) in [5.74, 6) is 0.475. The highest BCUT2D eigenvalue weighted by Gasteiger charge is 2.23. The second-order valence-electron chi connectivity index (χ2n) is 6.19. The third kappa shape index (κ3) is 5.02. The zero-order chi connectivity index (χ0) is 18.8. The maximum Gasteiger partial charge on any atom is 0.230 e. The van der Waals surface area contributed by atoms with Crippen LogP contribution in [-0.4, -0.2) is 28.9 Å². The summed E-state index contributed by atoms with van der Waals surface area (Å²) in [6, 6.07) is 11.5.